The van der Waals surface area contributed by atoms with Gasteiger partial charge in [-0.1, -0.05) is 68.5 Å². The molecule has 1 N–H and O–H groups in total. The van der Waals surface area contributed by atoms with Crippen molar-refractivity contribution in [3.05, 3.63) is 58.9 Å². The molecule has 1 aromatic carbocycles. The molecule has 0 aliphatic carbocycles. The molecule has 6 nitrogen and oxygen atoms in total. The average molecular weight is 460 g/mol. The fraction of sp³-hybridized carbons (Fsp3) is 0.519. The second-order valence-electron chi connectivity index (χ2n) is 10.1. The van der Waals surface area contributed by atoms with Gasteiger partial charge in [-0.25, -0.2) is 0 Å². The summed E-state index contributed by atoms with van der Waals surface area (Å²) in [6.45, 7) is 12.4. The van der Waals surface area contributed by atoms with Gasteiger partial charge in [0.15, 0.2) is 0 Å². The fourth-order valence-electron chi connectivity index (χ4n) is 2.75. The second kappa shape index (κ2) is 12.4. The van der Waals surface area contributed by atoms with Gasteiger partial charge in [0.1, 0.15) is 11.4 Å². The number of pyridine rings is 1. The van der Waals surface area contributed by atoms with Gasteiger partial charge in [-0.2, -0.15) is 0 Å². The molecular formula is C27H45N3O3. The molecule has 186 valence electrons. The fourth-order valence-corrected chi connectivity index (χ4v) is 2.75. The topological polar surface area (TPSA) is 73.7 Å². The number of aromatic hydroxyl groups is 1. The predicted molar refractivity (Wildman–Crippen MR) is 139 cm³/mol. The normalized spacial score (nSPS) is 10.6. The van der Waals surface area contributed by atoms with Crippen LogP contribution in [0, 0.1) is 0 Å². The monoisotopic (exact) mass is 459 g/mol. The molecule has 0 saturated carbocycles. The Morgan fingerprint density at radius 3 is 1.64 bits per heavy atom. The molecule has 0 bridgehead atoms. The Labute approximate surface area is 201 Å². The van der Waals surface area contributed by atoms with Crippen LogP contribution in [0.4, 0.5) is 0 Å². The summed E-state index contributed by atoms with van der Waals surface area (Å²) in [6.07, 6.45) is 1.77. The number of phenolic OH excluding ortho intramolecular Hbond substituents is 1. The minimum Gasteiger partial charge on any atom is -0.508 e. The van der Waals surface area contributed by atoms with Crippen LogP contribution in [0.2, 0.25) is 0 Å². The van der Waals surface area contributed by atoms with Crippen molar-refractivity contribution in [2.75, 3.05) is 28.2 Å². The second-order valence-corrected chi connectivity index (χ2v) is 10.1. The highest BCUT2D eigenvalue weighted by Crippen LogP contribution is 2.31. The summed E-state index contributed by atoms with van der Waals surface area (Å²) >= 11 is 0. The van der Waals surface area contributed by atoms with Gasteiger partial charge in [0.25, 0.3) is 11.8 Å². The molecule has 0 radical (unpaired) electrons. The van der Waals surface area contributed by atoms with E-state index in [0.717, 1.165) is 11.1 Å². The Morgan fingerprint density at radius 2 is 1.30 bits per heavy atom. The largest absolute Gasteiger partial charge is 0.508 e. The summed E-state index contributed by atoms with van der Waals surface area (Å²) < 4.78 is 0. The molecule has 0 atom stereocenters. The summed E-state index contributed by atoms with van der Waals surface area (Å²) in [5, 5.41) is 9.89. The number of amides is 2. The lowest BCUT2D eigenvalue weighted by atomic mass is 9.86. The van der Waals surface area contributed by atoms with Crippen molar-refractivity contribution in [3.63, 3.8) is 0 Å². The van der Waals surface area contributed by atoms with Crippen molar-refractivity contribution in [2.45, 2.75) is 67.2 Å². The molecular weight excluding hydrogens is 414 g/mol. The van der Waals surface area contributed by atoms with Gasteiger partial charge >= 0.3 is 0 Å². The van der Waals surface area contributed by atoms with Gasteiger partial charge in [-0.3, -0.25) is 14.6 Å². The van der Waals surface area contributed by atoms with Crippen molar-refractivity contribution in [2.24, 2.45) is 0 Å². The van der Waals surface area contributed by atoms with Crippen LogP contribution < -0.4 is 0 Å². The zero-order chi connectivity index (χ0) is 24.1. The van der Waals surface area contributed by atoms with E-state index in [1.165, 1.54) is 15.9 Å². The highest BCUT2D eigenvalue weighted by molar-refractivity contribution is 5.94. The molecule has 0 unspecified atom stereocenters. The summed E-state index contributed by atoms with van der Waals surface area (Å²) in [5.41, 5.74) is 2.94. The third kappa shape index (κ3) is 9.24. The number of nitrogens with zero attached hydrogens (tertiary/aromatic N) is 3. The Hall–Kier alpha value is -2.89. The lowest BCUT2D eigenvalue weighted by Gasteiger charge is -2.21. The van der Waals surface area contributed by atoms with E-state index >= 15 is 0 Å². The Balaban J connectivity index is 0. The smallest absolute Gasteiger partial charge is 0.271 e. The van der Waals surface area contributed by atoms with Crippen LogP contribution in [0.5, 0.6) is 5.75 Å². The van der Waals surface area contributed by atoms with Crippen LogP contribution in [-0.2, 0) is 10.8 Å². The highest BCUT2D eigenvalue weighted by Gasteiger charge is 2.19. The van der Waals surface area contributed by atoms with Crippen LogP contribution in [-0.4, -0.2) is 59.9 Å². The Morgan fingerprint density at radius 1 is 0.788 bits per heavy atom. The third-order valence-electron chi connectivity index (χ3n) is 4.71. The van der Waals surface area contributed by atoms with Crippen molar-refractivity contribution in [1.29, 1.82) is 0 Å². The summed E-state index contributed by atoms with van der Waals surface area (Å²) in [6, 6.07) is 8.84. The number of hydrogen-bond donors (Lipinski definition) is 1. The molecule has 2 rings (SSSR count). The summed E-state index contributed by atoms with van der Waals surface area (Å²) in [5.74, 6) is 0.0198. The lowest BCUT2D eigenvalue weighted by Crippen LogP contribution is -2.23. The molecule has 0 saturated heterocycles. The molecule has 0 spiro atoms. The van der Waals surface area contributed by atoms with Gasteiger partial charge in [0.05, 0.1) is 0 Å². The van der Waals surface area contributed by atoms with E-state index in [2.05, 4.69) is 25.8 Å². The lowest BCUT2D eigenvalue weighted by molar-refractivity contribution is 0.0817. The minimum absolute atomic E-state index is 0. The van der Waals surface area contributed by atoms with Crippen LogP contribution in [0.15, 0.2) is 36.5 Å². The van der Waals surface area contributed by atoms with Crippen LogP contribution in [0.25, 0.3) is 0 Å². The molecule has 6 heteroatoms. The van der Waals surface area contributed by atoms with Gasteiger partial charge in [0, 0.05) is 40.0 Å². The maximum atomic E-state index is 11.7. The first kappa shape index (κ1) is 32.3. The van der Waals surface area contributed by atoms with E-state index in [0.29, 0.717) is 11.3 Å². The number of phenols is 1. The minimum atomic E-state index is -0.121. The molecule has 0 fully saturated rings. The van der Waals surface area contributed by atoms with E-state index in [4.69, 9.17) is 0 Å². The maximum Gasteiger partial charge on any atom is 0.271 e. The highest BCUT2D eigenvalue weighted by atomic mass is 16.3. The molecule has 0 aliphatic rings. The first-order valence-electron chi connectivity index (χ1n) is 10.3. The van der Waals surface area contributed by atoms with Crippen LogP contribution >= 0.6 is 0 Å². The molecule has 1 aromatic heterocycles. The number of rotatable bonds is 2. The maximum absolute atomic E-state index is 11.7. The Bertz CT molecular complexity index is 904. The van der Waals surface area contributed by atoms with E-state index in [-0.39, 0.29) is 43.2 Å². The van der Waals surface area contributed by atoms with Crippen molar-refractivity contribution in [3.8, 4) is 5.75 Å². The van der Waals surface area contributed by atoms with E-state index < -0.39 is 0 Å². The van der Waals surface area contributed by atoms with Crippen LogP contribution in [0.1, 0.15) is 88.4 Å². The number of hydrogen-bond acceptors (Lipinski definition) is 4. The molecule has 1 heterocycles. The van der Waals surface area contributed by atoms with Crippen molar-refractivity contribution >= 4 is 11.8 Å². The number of aromatic nitrogens is 1. The molecule has 33 heavy (non-hydrogen) atoms. The predicted octanol–water partition coefficient (Wildman–Crippen LogP) is 5.74. The summed E-state index contributed by atoms with van der Waals surface area (Å²) in [4.78, 5) is 30.4. The van der Waals surface area contributed by atoms with Gasteiger partial charge in [-0.15, -0.1) is 0 Å². The number of carbonyl (C=O) groups excluding carboxylic acids is 2. The van der Waals surface area contributed by atoms with Gasteiger partial charge in [0.2, 0.25) is 0 Å². The van der Waals surface area contributed by atoms with Crippen LogP contribution in [0.3, 0.4) is 0 Å². The van der Waals surface area contributed by atoms with Gasteiger partial charge < -0.3 is 14.9 Å². The molecule has 0 aliphatic heterocycles. The Kier molecular flexibility index (Phi) is 12.1. The van der Waals surface area contributed by atoms with E-state index in [1.807, 2.05) is 32.9 Å². The zero-order valence-electron chi connectivity index (χ0n) is 20.6. The first-order valence-corrected chi connectivity index (χ1v) is 10.3. The average Bonchev–Trinajstić information content (AvgIpc) is 2.65. The van der Waals surface area contributed by atoms with Crippen molar-refractivity contribution in [1.82, 2.24) is 14.8 Å². The summed E-state index contributed by atoms with van der Waals surface area (Å²) in [7, 11) is 6.83. The first-order chi connectivity index (χ1) is 14.1. The van der Waals surface area contributed by atoms with E-state index in [1.54, 1.807) is 46.5 Å². The van der Waals surface area contributed by atoms with E-state index in [9.17, 15) is 14.7 Å². The molecule has 2 aromatic rings. The zero-order valence-corrected chi connectivity index (χ0v) is 20.6. The van der Waals surface area contributed by atoms with Gasteiger partial charge in [-0.05, 0) is 40.2 Å². The van der Waals surface area contributed by atoms with Crippen molar-refractivity contribution < 1.29 is 14.7 Å². The quantitative estimate of drug-likeness (QED) is 0.621. The molecule has 2 amide bonds. The number of carbonyl (C=O) groups is 2. The SMILES string of the molecule is C.C.CN(C)C(=O)c1ccc(C(C)(C)C)c(O)c1.CN(C)C(=O)c1ccc(C(C)(C)C)cn1. The number of benzene rings is 1. The standard InChI is InChI=1S/C13H19NO2.C12H18N2O.2CH4/c1-13(2,3)10-7-6-9(8-11(10)15)12(16)14(4)5;1-12(2,3)9-6-7-10(13-8-9)11(15)14(4)5;;/h6-8,15H,1-5H3;6-8H,1-5H3;2*1H4. The third-order valence-corrected chi connectivity index (χ3v) is 4.71.